The average Bonchev–Trinajstić information content (AvgIpc) is 3.52. The Balaban J connectivity index is 1.44. The monoisotopic (exact) mass is 529 g/mol. The standard InChI is InChI=1S/C30H36N5O2P/c1-5-26(37)34-19(3)11-13-23(34)15-18(2)28-27(20(4)36)29(31)35-30(38-28)24(17-33-35)22-12-14-25(32-16-22)21-9-7-6-8-10-21/h6-10,12,14,16-19,23,28,38H,5,11,13,15,31H2,1-4H3. The van der Waals surface area contributed by atoms with Gasteiger partial charge < -0.3 is 10.6 Å². The summed E-state index contributed by atoms with van der Waals surface area (Å²) in [6, 6.07) is 14.7. The number of aromatic nitrogens is 3. The Labute approximate surface area is 226 Å². The molecule has 2 aliphatic rings. The number of carbonyl (C=O) groups is 2. The van der Waals surface area contributed by atoms with Crippen molar-refractivity contribution in [2.75, 3.05) is 0 Å². The number of pyridine rings is 1. The van der Waals surface area contributed by atoms with Gasteiger partial charge in [-0.15, -0.1) is 0 Å². The van der Waals surface area contributed by atoms with Crippen LogP contribution >= 0.6 is 8.58 Å². The number of nitrogens with zero attached hydrogens (tertiary/aromatic N) is 4. The molecular weight excluding hydrogens is 493 g/mol. The summed E-state index contributed by atoms with van der Waals surface area (Å²) in [7, 11) is 0.336. The summed E-state index contributed by atoms with van der Waals surface area (Å²) in [5.74, 6) is 0.810. The molecule has 1 saturated heterocycles. The summed E-state index contributed by atoms with van der Waals surface area (Å²) in [4.78, 5) is 32.3. The van der Waals surface area contributed by atoms with Crippen LogP contribution in [-0.2, 0) is 9.59 Å². The van der Waals surface area contributed by atoms with Gasteiger partial charge in [0.15, 0.2) is 5.78 Å². The smallest absolute Gasteiger partial charge is 0.222 e. The Morgan fingerprint density at radius 1 is 1.11 bits per heavy atom. The topological polar surface area (TPSA) is 94.1 Å². The zero-order valence-electron chi connectivity index (χ0n) is 22.5. The number of benzene rings is 1. The second-order valence-electron chi connectivity index (χ2n) is 10.5. The molecule has 0 saturated carbocycles. The van der Waals surface area contributed by atoms with Crippen LogP contribution in [0.3, 0.4) is 0 Å². The first-order valence-electron chi connectivity index (χ1n) is 13.5. The van der Waals surface area contributed by atoms with Crippen LogP contribution in [0.4, 0.5) is 0 Å². The highest BCUT2D eigenvalue weighted by atomic mass is 31.1. The van der Waals surface area contributed by atoms with E-state index in [0.29, 0.717) is 26.4 Å². The van der Waals surface area contributed by atoms with Gasteiger partial charge in [0, 0.05) is 52.6 Å². The Morgan fingerprint density at radius 3 is 2.53 bits per heavy atom. The maximum atomic E-state index is 12.8. The highest BCUT2D eigenvalue weighted by Gasteiger charge is 2.39. The van der Waals surface area contributed by atoms with E-state index in [1.54, 1.807) is 11.6 Å². The lowest BCUT2D eigenvalue weighted by Gasteiger charge is -2.35. The lowest BCUT2D eigenvalue weighted by molar-refractivity contribution is -0.133. The van der Waals surface area contributed by atoms with E-state index < -0.39 is 0 Å². The maximum Gasteiger partial charge on any atom is 0.222 e. The first-order chi connectivity index (χ1) is 18.3. The Morgan fingerprint density at radius 2 is 1.87 bits per heavy atom. The van der Waals surface area contributed by atoms with Crippen molar-refractivity contribution < 1.29 is 9.59 Å². The molecule has 0 radical (unpaired) electrons. The largest absolute Gasteiger partial charge is 0.383 e. The van der Waals surface area contributed by atoms with Crippen molar-refractivity contribution in [1.82, 2.24) is 19.7 Å². The molecule has 1 aromatic carbocycles. The number of carbonyl (C=O) groups excluding carboxylic acids is 2. The number of allylic oxidation sites excluding steroid dienone is 1. The van der Waals surface area contributed by atoms with Gasteiger partial charge in [-0.3, -0.25) is 14.6 Å². The van der Waals surface area contributed by atoms with E-state index in [9.17, 15) is 9.59 Å². The maximum absolute atomic E-state index is 12.8. The zero-order chi connectivity index (χ0) is 27.0. The number of hydrogen-bond donors (Lipinski definition) is 1. The second kappa shape index (κ2) is 10.8. The normalized spacial score (nSPS) is 22.5. The minimum atomic E-state index is -0.0125. The van der Waals surface area contributed by atoms with Crippen molar-refractivity contribution in [3.8, 4) is 22.4 Å². The second-order valence-corrected chi connectivity index (χ2v) is 11.9. The molecule has 38 heavy (non-hydrogen) atoms. The van der Waals surface area contributed by atoms with E-state index in [1.807, 2.05) is 55.7 Å². The van der Waals surface area contributed by atoms with Crippen LogP contribution in [0, 0.1) is 5.92 Å². The Hall–Kier alpha value is -3.31. The van der Waals surface area contributed by atoms with Crippen LogP contribution in [-0.4, -0.2) is 49.1 Å². The number of Topliss-reactive ketones (excluding diaryl/α,β-unsaturated/α-hetero) is 1. The van der Waals surface area contributed by atoms with Gasteiger partial charge in [-0.25, -0.2) is 4.68 Å². The van der Waals surface area contributed by atoms with Crippen LogP contribution in [0.15, 0.2) is 60.4 Å². The molecule has 0 aliphatic carbocycles. The molecule has 1 fully saturated rings. The van der Waals surface area contributed by atoms with Crippen LogP contribution in [0.2, 0.25) is 0 Å². The molecule has 0 spiro atoms. The van der Waals surface area contributed by atoms with E-state index in [4.69, 9.17) is 10.7 Å². The Kier molecular flexibility index (Phi) is 7.49. The minimum absolute atomic E-state index is 0.00953. The molecule has 5 unspecified atom stereocenters. The summed E-state index contributed by atoms with van der Waals surface area (Å²) in [5.41, 5.74) is 12.3. The third-order valence-electron chi connectivity index (χ3n) is 7.99. The number of hydrogen-bond acceptors (Lipinski definition) is 5. The van der Waals surface area contributed by atoms with Gasteiger partial charge in [-0.2, -0.15) is 5.10 Å². The molecule has 5 rings (SSSR count). The summed E-state index contributed by atoms with van der Waals surface area (Å²) in [5, 5.41) is 4.59. The van der Waals surface area contributed by atoms with E-state index in [-0.39, 0.29) is 35.4 Å². The van der Waals surface area contributed by atoms with Crippen molar-refractivity contribution in [2.45, 2.75) is 71.1 Å². The molecule has 5 atom stereocenters. The molecule has 7 nitrogen and oxygen atoms in total. The minimum Gasteiger partial charge on any atom is -0.383 e. The van der Waals surface area contributed by atoms with Crippen molar-refractivity contribution in [2.24, 2.45) is 11.7 Å². The summed E-state index contributed by atoms with van der Waals surface area (Å²) < 4.78 is 1.74. The van der Waals surface area contributed by atoms with Gasteiger partial charge in [0.2, 0.25) is 5.91 Å². The number of likely N-dealkylation sites (tertiary alicyclic amines) is 1. The predicted octanol–water partition coefficient (Wildman–Crippen LogP) is 4.83. The van der Waals surface area contributed by atoms with Crippen LogP contribution in [0.1, 0.15) is 53.4 Å². The summed E-state index contributed by atoms with van der Waals surface area (Å²) in [6.07, 6.45) is 7.12. The van der Waals surface area contributed by atoms with Crippen molar-refractivity contribution in [1.29, 1.82) is 0 Å². The molecule has 4 heterocycles. The molecule has 2 N–H and O–H groups in total. The van der Waals surface area contributed by atoms with Crippen LogP contribution < -0.4 is 11.2 Å². The van der Waals surface area contributed by atoms with E-state index >= 15 is 0 Å². The molecule has 2 aromatic heterocycles. The molecule has 2 aliphatic heterocycles. The lowest BCUT2D eigenvalue weighted by Crippen LogP contribution is -2.42. The lowest BCUT2D eigenvalue weighted by atomic mass is 9.90. The highest BCUT2D eigenvalue weighted by Crippen LogP contribution is 2.43. The Bertz CT molecular complexity index is 1370. The summed E-state index contributed by atoms with van der Waals surface area (Å²) >= 11 is 0. The fraction of sp³-hybridized carbons (Fsp3) is 0.400. The van der Waals surface area contributed by atoms with E-state index in [0.717, 1.165) is 47.1 Å². The van der Waals surface area contributed by atoms with Crippen LogP contribution in [0.25, 0.3) is 28.2 Å². The number of fused-ring (bicyclic) bond motifs is 1. The van der Waals surface area contributed by atoms with E-state index in [1.165, 1.54) is 0 Å². The van der Waals surface area contributed by atoms with E-state index in [2.05, 4.69) is 29.9 Å². The fourth-order valence-corrected chi connectivity index (χ4v) is 7.91. The van der Waals surface area contributed by atoms with Crippen molar-refractivity contribution in [3.63, 3.8) is 0 Å². The van der Waals surface area contributed by atoms with Crippen molar-refractivity contribution in [3.05, 3.63) is 60.4 Å². The highest BCUT2D eigenvalue weighted by molar-refractivity contribution is 7.48. The zero-order valence-corrected chi connectivity index (χ0v) is 23.5. The average molecular weight is 530 g/mol. The summed E-state index contributed by atoms with van der Waals surface area (Å²) in [6.45, 7) is 7.87. The van der Waals surface area contributed by atoms with Gasteiger partial charge >= 0.3 is 0 Å². The molecule has 198 valence electrons. The molecule has 8 heteroatoms. The van der Waals surface area contributed by atoms with Gasteiger partial charge in [0.1, 0.15) is 5.82 Å². The van der Waals surface area contributed by atoms with Crippen molar-refractivity contribution >= 4 is 31.5 Å². The first kappa shape index (κ1) is 26.3. The molecule has 3 aromatic rings. The number of rotatable bonds is 7. The number of amides is 1. The third kappa shape index (κ3) is 4.80. The van der Waals surface area contributed by atoms with Gasteiger partial charge in [0.05, 0.1) is 17.3 Å². The quantitative estimate of drug-likeness (QED) is 0.443. The molecular formula is C30H36N5O2P. The number of ketones is 1. The SMILES string of the molecule is CCC(=O)N1C(C)CCC1CC(C)C1Pc2c(-c3ccc(-c4ccccc4)nc3)cnn2C(N)=C1C(C)=O. The number of nitrogens with two attached hydrogens (primary N) is 1. The fourth-order valence-electron chi connectivity index (χ4n) is 6.03. The van der Waals surface area contributed by atoms with Gasteiger partial charge in [-0.1, -0.05) is 58.8 Å². The molecule has 0 bridgehead atoms. The van der Waals surface area contributed by atoms with Gasteiger partial charge in [-0.05, 0) is 45.1 Å². The van der Waals surface area contributed by atoms with Crippen LogP contribution in [0.5, 0.6) is 0 Å². The van der Waals surface area contributed by atoms with Gasteiger partial charge in [0.25, 0.3) is 0 Å². The molecule has 1 amide bonds. The first-order valence-corrected chi connectivity index (χ1v) is 14.6. The predicted molar refractivity (Wildman–Crippen MR) is 154 cm³/mol. The third-order valence-corrected chi connectivity index (χ3v) is 9.91.